The molecule has 1 aromatic carbocycles. The maximum Gasteiger partial charge on any atom is 0.342 e. The molecule has 0 N–H and O–H groups in total. The van der Waals surface area contributed by atoms with Gasteiger partial charge in [0, 0.05) is 29.9 Å². The summed E-state index contributed by atoms with van der Waals surface area (Å²) in [6, 6.07) is 8.49. The Morgan fingerprint density at radius 3 is 2.70 bits per heavy atom. The van der Waals surface area contributed by atoms with Crippen LogP contribution in [0.5, 0.6) is 0 Å². The normalized spacial score (nSPS) is 13.7. The quantitative estimate of drug-likeness (QED) is 0.446. The number of halogens is 1. The lowest BCUT2D eigenvalue weighted by Crippen LogP contribution is -2.24. The molecule has 0 bridgehead atoms. The zero-order chi connectivity index (χ0) is 19.6. The Labute approximate surface area is 162 Å². The number of Topliss-reactive ketones (excluding diaryl/α,β-unsaturated/α-hetero) is 1. The van der Waals surface area contributed by atoms with Gasteiger partial charge in [-0.05, 0) is 44.0 Å². The van der Waals surface area contributed by atoms with Crippen LogP contribution in [0.25, 0.3) is 0 Å². The molecule has 0 saturated carbocycles. The van der Waals surface area contributed by atoms with E-state index in [2.05, 4.69) is 4.98 Å². The summed E-state index contributed by atoms with van der Waals surface area (Å²) in [5.74, 6) is -1.00. The van der Waals surface area contributed by atoms with E-state index < -0.39 is 12.6 Å². The Kier molecular flexibility index (Phi) is 5.56. The van der Waals surface area contributed by atoms with Gasteiger partial charge < -0.3 is 9.64 Å². The largest absolute Gasteiger partial charge is 0.454 e. The number of ketones is 1. The minimum absolute atomic E-state index is 0.0445. The second-order valence-corrected chi connectivity index (χ2v) is 6.80. The predicted octanol–water partition coefficient (Wildman–Crippen LogP) is 3.52. The molecule has 27 heavy (non-hydrogen) atoms. The summed E-state index contributed by atoms with van der Waals surface area (Å²) in [4.78, 5) is 42.3. The number of amides is 1. The van der Waals surface area contributed by atoms with E-state index in [1.807, 2.05) is 0 Å². The fraction of sp³-hybridized carbons (Fsp3) is 0.300. The van der Waals surface area contributed by atoms with Crippen molar-refractivity contribution in [2.24, 2.45) is 0 Å². The van der Waals surface area contributed by atoms with E-state index in [9.17, 15) is 14.4 Å². The van der Waals surface area contributed by atoms with Gasteiger partial charge in [0.2, 0.25) is 5.91 Å². The maximum absolute atomic E-state index is 12.4. The van der Waals surface area contributed by atoms with E-state index in [-0.39, 0.29) is 22.4 Å². The summed E-state index contributed by atoms with van der Waals surface area (Å²) >= 11 is 6.03. The van der Waals surface area contributed by atoms with Crippen molar-refractivity contribution in [3.05, 3.63) is 57.9 Å². The average Bonchev–Trinajstić information content (AvgIpc) is 3.05. The van der Waals surface area contributed by atoms with Gasteiger partial charge in [0.25, 0.3) is 0 Å². The summed E-state index contributed by atoms with van der Waals surface area (Å²) in [5, 5.41) is 0.0551. The third-order valence-corrected chi connectivity index (χ3v) is 4.67. The van der Waals surface area contributed by atoms with Gasteiger partial charge in [0.15, 0.2) is 12.4 Å². The minimum atomic E-state index is -0.691. The second kappa shape index (κ2) is 7.88. The highest BCUT2D eigenvalue weighted by molar-refractivity contribution is 6.32. The van der Waals surface area contributed by atoms with Gasteiger partial charge in [-0.15, -0.1) is 0 Å². The SMILES string of the molecule is Cc1cc(C)c(C(=O)OCC(=O)c2cccc(N3CCCC3=O)c2)c(Cl)n1. The highest BCUT2D eigenvalue weighted by atomic mass is 35.5. The molecule has 0 unspecified atom stereocenters. The summed E-state index contributed by atoms with van der Waals surface area (Å²) in [7, 11) is 0. The molecule has 2 heterocycles. The Hall–Kier alpha value is -2.73. The lowest BCUT2D eigenvalue weighted by molar-refractivity contribution is -0.117. The number of carbonyl (C=O) groups excluding carboxylic acids is 3. The molecule has 2 aromatic rings. The van der Waals surface area contributed by atoms with Crippen molar-refractivity contribution in [1.82, 2.24) is 4.98 Å². The smallest absolute Gasteiger partial charge is 0.342 e. The second-order valence-electron chi connectivity index (χ2n) is 6.44. The number of hydrogen-bond acceptors (Lipinski definition) is 5. The molecule has 140 valence electrons. The first kappa shape index (κ1) is 19.0. The molecular weight excluding hydrogens is 368 g/mol. The van der Waals surface area contributed by atoms with Gasteiger partial charge in [-0.2, -0.15) is 0 Å². The van der Waals surface area contributed by atoms with E-state index in [1.165, 1.54) is 0 Å². The molecule has 1 aliphatic heterocycles. The lowest BCUT2D eigenvalue weighted by Gasteiger charge is -2.16. The Bertz CT molecular complexity index is 903. The summed E-state index contributed by atoms with van der Waals surface area (Å²) < 4.78 is 5.14. The van der Waals surface area contributed by atoms with Gasteiger partial charge in [-0.3, -0.25) is 9.59 Å². The van der Waals surface area contributed by atoms with Crippen LogP contribution in [0.2, 0.25) is 5.15 Å². The van der Waals surface area contributed by atoms with Crippen LogP contribution < -0.4 is 4.90 Å². The number of aryl methyl sites for hydroxylation is 2. The third-order valence-electron chi connectivity index (χ3n) is 4.39. The zero-order valence-electron chi connectivity index (χ0n) is 15.1. The first-order valence-corrected chi connectivity index (χ1v) is 8.99. The fourth-order valence-corrected chi connectivity index (χ4v) is 3.45. The van der Waals surface area contributed by atoms with Crippen molar-refractivity contribution >= 4 is 34.9 Å². The van der Waals surface area contributed by atoms with Crippen molar-refractivity contribution in [3.63, 3.8) is 0 Å². The molecule has 1 amide bonds. The standard InChI is InChI=1S/C20H19ClN2O4/c1-12-9-13(2)22-19(21)18(12)20(26)27-11-16(24)14-5-3-6-15(10-14)23-8-4-7-17(23)25/h3,5-6,9-10H,4,7-8,11H2,1-2H3. The number of benzene rings is 1. The van der Waals surface area contributed by atoms with E-state index in [1.54, 1.807) is 49.1 Å². The molecule has 1 saturated heterocycles. The van der Waals surface area contributed by atoms with Crippen LogP contribution in [0.15, 0.2) is 30.3 Å². The van der Waals surface area contributed by atoms with Crippen molar-refractivity contribution in [3.8, 4) is 0 Å². The van der Waals surface area contributed by atoms with Crippen LogP contribution in [0, 0.1) is 13.8 Å². The molecule has 1 aromatic heterocycles. The first-order chi connectivity index (χ1) is 12.9. The number of pyridine rings is 1. The highest BCUT2D eigenvalue weighted by Crippen LogP contribution is 2.23. The average molecular weight is 387 g/mol. The molecule has 0 atom stereocenters. The topological polar surface area (TPSA) is 76.6 Å². The molecule has 7 heteroatoms. The van der Waals surface area contributed by atoms with Crippen molar-refractivity contribution in [2.75, 3.05) is 18.1 Å². The van der Waals surface area contributed by atoms with E-state index in [4.69, 9.17) is 16.3 Å². The Balaban J connectivity index is 1.69. The van der Waals surface area contributed by atoms with Crippen LogP contribution in [0.1, 0.15) is 44.8 Å². The number of carbonyl (C=O) groups is 3. The number of nitrogens with zero attached hydrogens (tertiary/aromatic N) is 2. The molecule has 1 aliphatic rings. The van der Waals surface area contributed by atoms with Gasteiger partial charge in [0.1, 0.15) is 5.15 Å². The first-order valence-electron chi connectivity index (χ1n) is 8.61. The predicted molar refractivity (Wildman–Crippen MR) is 101 cm³/mol. The number of rotatable bonds is 5. The third kappa shape index (κ3) is 4.17. The number of esters is 1. The van der Waals surface area contributed by atoms with Crippen LogP contribution in [-0.2, 0) is 9.53 Å². The fourth-order valence-electron chi connectivity index (χ4n) is 3.09. The Morgan fingerprint density at radius 2 is 2.04 bits per heavy atom. The van der Waals surface area contributed by atoms with Crippen LogP contribution in [-0.4, -0.2) is 35.8 Å². The number of anilines is 1. The van der Waals surface area contributed by atoms with Crippen LogP contribution in [0.4, 0.5) is 5.69 Å². The van der Waals surface area contributed by atoms with E-state index in [0.717, 1.165) is 6.42 Å². The molecule has 3 rings (SSSR count). The van der Waals surface area contributed by atoms with Gasteiger partial charge in [-0.25, -0.2) is 9.78 Å². The molecular formula is C20H19ClN2O4. The molecule has 0 spiro atoms. The molecule has 1 fully saturated rings. The van der Waals surface area contributed by atoms with Crippen LogP contribution in [0.3, 0.4) is 0 Å². The van der Waals surface area contributed by atoms with E-state index in [0.29, 0.717) is 35.5 Å². The van der Waals surface area contributed by atoms with Gasteiger partial charge >= 0.3 is 5.97 Å². The number of ether oxygens (including phenoxy) is 1. The maximum atomic E-state index is 12.4. The van der Waals surface area contributed by atoms with Crippen molar-refractivity contribution < 1.29 is 19.1 Å². The van der Waals surface area contributed by atoms with Crippen molar-refractivity contribution in [2.45, 2.75) is 26.7 Å². The Morgan fingerprint density at radius 1 is 1.26 bits per heavy atom. The lowest BCUT2D eigenvalue weighted by atomic mass is 10.1. The molecule has 6 nitrogen and oxygen atoms in total. The zero-order valence-corrected chi connectivity index (χ0v) is 15.9. The van der Waals surface area contributed by atoms with Crippen LogP contribution >= 0.6 is 11.6 Å². The minimum Gasteiger partial charge on any atom is -0.454 e. The summed E-state index contributed by atoms with van der Waals surface area (Å²) in [5.41, 5.74) is 2.55. The van der Waals surface area contributed by atoms with Gasteiger partial charge in [-0.1, -0.05) is 23.7 Å². The van der Waals surface area contributed by atoms with E-state index >= 15 is 0 Å². The molecule has 0 aliphatic carbocycles. The summed E-state index contributed by atoms with van der Waals surface area (Å²) in [6.45, 7) is 3.73. The monoisotopic (exact) mass is 386 g/mol. The van der Waals surface area contributed by atoms with Crippen molar-refractivity contribution in [1.29, 1.82) is 0 Å². The number of aromatic nitrogens is 1. The van der Waals surface area contributed by atoms with Gasteiger partial charge in [0.05, 0.1) is 5.56 Å². The number of hydrogen-bond donors (Lipinski definition) is 0. The highest BCUT2D eigenvalue weighted by Gasteiger charge is 2.23. The summed E-state index contributed by atoms with van der Waals surface area (Å²) in [6.07, 6.45) is 1.32. The molecule has 0 radical (unpaired) electrons.